The lowest BCUT2D eigenvalue weighted by Crippen LogP contribution is -2.06. The van der Waals surface area contributed by atoms with Crippen LogP contribution in [0.5, 0.6) is 0 Å². The highest BCUT2D eigenvalue weighted by Gasteiger charge is 2.42. The second-order valence-corrected chi connectivity index (χ2v) is 2.98. The summed E-state index contributed by atoms with van der Waals surface area (Å²) in [6.07, 6.45) is 0. The van der Waals surface area contributed by atoms with E-state index in [1.807, 2.05) is 6.92 Å². The van der Waals surface area contributed by atoms with Gasteiger partial charge < -0.3 is 5.73 Å². The minimum atomic E-state index is 0.523. The van der Waals surface area contributed by atoms with Crippen molar-refractivity contribution in [2.24, 2.45) is 22.6 Å². The maximum absolute atomic E-state index is 5.41. The van der Waals surface area contributed by atoms with E-state index in [9.17, 15) is 0 Å². The average Bonchev–Trinajstić information content (AvgIpc) is 2.22. The summed E-state index contributed by atoms with van der Waals surface area (Å²) in [5.41, 5.74) is 5.41. The van der Waals surface area contributed by atoms with Gasteiger partial charge in [-0.2, -0.15) is 0 Å². The monoisotopic (exact) mass is 126 g/mol. The standard InChI is InChI=1S/C7H14N2/c1-4-5(2)7(4)9-6(3)8/h4-5,7H,1-3H3,(H2,8,9). The number of rotatable bonds is 1. The zero-order valence-corrected chi connectivity index (χ0v) is 6.26. The van der Waals surface area contributed by atoms with E-state index in [-0.39, 0.29) is 0 Å². The molecule has 1 aliphatic rings. The van der Waals surface area contributed by atoms with Crippen molar-refractivity contribution in [3.8, 4) is 0 Å². The Morgan fingerprint density at radius 1 is 1.33 bits per heavy atom. The van der Waals surface area contributed by atoms with Gasteiger partial charge in [-0.3, -0.25) is 4.99 Å². The van der Waals surface area contributed by atoms with E-state index in [1.54, 1.807) is 0 Å². The van der Waals surface area contributed by atoms with Crippen LogP contribution in [0.4, 0.5) is 0 Å². The molecule has 1 saturated carbocycles. The van der Waals surface area contributed by atoms with E-state index in [0.29, 0.717) is 6.04 Å². The molecule has 1 aliphatic carbocycles. The van der Waals surface area contributed by atoms with Crippen molar-refractivity contribution in [1.29, 1.82) is 0 Å². The maximum Gasteiger partial charge on any atom is 0.0909 e. The summed E-state index contributed by atoms with van der Waals surface area (Å²) in [6, 6.07) is 0.523. The van der Waals surface area contributed by atoms with Crippen molar-refractivity contribution in [3.05, 3.63) is 0 Å². The van der Waals surface area contributed by atoms with E-state index in [2.05, 4.69) is 18.8 Å². The van der Waals surface area contributed by atoms with E-state index >= 15 is 0 Å². The first-order chi connectivity index (χ1) is 4.13. The lowest BCUT2D eigenvalue weighted by Gasteiger charge is -1.87. The lowest BCUT2D eigenvalue weighted by atomic mass is 10.4. The summed E-state index contributed by atoms with van der Waals surface area (Å²) >= 11 is 0. The fourth-order valence-electron chi connectivity index (χ4n) is 1.11. The van der Waals surface area contributed by atoms with Crippen LogP contribution in [0.1, 0.15) is 20.8 Å². The van der Waals surface area contributed by atoms with Gasteiger partial charge in [-0.25, -0.2) is 0 Å². The van der Waals surface area contributed by atoms with Gasteiger partial charge in [-0.1, -0.05) is 13.8 Å². The second kappa shape index (κ2) is 2.01. The van der Waals surface area contributed by atoms with Crippen molar-refractivity contribution in [1.82, 2.24) is 0 Å². The van der Waals surface area contributed by atoms with Crippen LogP contribution in [-0.4, -0.2) is 11.9 Å². The third kappa shape index (κ3) is 1.23. The van der Waals surface area contributed by atoms with Crippen molar-refractivity contribution in [3.63, 3.8) is 0 Å². The molecule has 0 heterocycles. The number of hydrogen-bond acceptors (Lipinski definition) is 1. The Morgan fingerprint density at radius 2 is 1.78 bits per heavy atom. The van der Waals surface area contributed by atoms with E-state index in [0.717, 1.165) is 17.7 Å². The third-order valence-electron chi connectivity index (χ3n) is 2.12. The van der Waals surface area contributed by atoms with Crippen LogP contribution in [0, 0.1) is 11.8 Å². The van der Waals surface area contributed by atoms with Crippen LogP contribution in [0.3, 0.4) is 0 Å². The molecule has 2 unspecified atom stereocenters. The predicted molar refractivity (Wildman–Crippen MR) is 39.4 cm³/mol. The van der Waals surface area contributed by atoms with Crippen LogP contribution >= 0.6 is 0 Å². The normalized spacial score (nSPS) is 43.0. The summed E-state index contributed by atoms with van der Waals surface area (Å²) in [4.78, 5) is 4.25. The first-order valence-corrected chi connectivity index (χ1v) is 3.43. The SMILES string of the molecule is CC(N)=NC1C(C)C1C. The first-order valence-electron chi connectivity index (χ1n) is 3.43. The van der Waals surface area contributed by atoms with E-state index in [1.165, 1.54) is 0 Å². The quantitative estimate of drug-likeness (QED) is 0.413. The highest BCUT2D eigenvalue weighted by Crippen LogP contribution is 2.40. The Labute approximate surface area is 56.2 Å². The number of hydrogen-bond donors (Lipinski definition) is 1. The molecule has 0 spiro atoms. The second-order valence-electron chi connectivity index (χ2n) is 2.98. The zero-order valence-electron chi connectivity index (χ0n) is 6.26. The van der Waals surface area contributed by atoms with Crippen LogP contribution in [0.2, 0.25) is 0 Å². The Kier molecular flexibility index (Phi) is 1.47. The summed E-state index contributed by atoms with van der Waals surface area (Å²) in [5, 5.41) is 0. The minimum Gasteiger partial charge on any atom is -0.388 e. The zero-order chi connectivity index (χ0) is 7.02. The van der Waals surface area contributed by atoms with Gasteiger partial charge in [0.1, 0.15) is 0 Å². The molecule has 2 atom stereocenters. The van der Waals surface area contributed by atoms with Crippen molar-refractivity contribution >= 4 is 5.84 Å². The summed E-state index contributed by atoms with van der Waals surface area (Å²) in [5.74, 6) is 2.23. The third-order valence-corrected chi connectivity index (χ3v) is 2.12. The van der Waals surface area contributed by atoms with Gasteiger partial charge in [0.05, 0.1) is 11.9 Å². The molecule has 0 aliphatic heterocycles. The van der Waals surface area contributed by atoms with Gasteiger partial charge in [0, 0.05) is 0 Å². The van der Waals surface area contributed by atoms with Gasteiger partial charge in [0.15, 0.2) is 0 Å². The molecule has 0 radical (unpaired) electrons. The molecule has 0 bridgehead atoms. The molecule has 1 rings (SSSR count). The van der Waals surface area contributed by atoms with Gasteiger partial charge in [0.2, 0.25) is 0 Å². The number of amidine groups is 1. The molecule has 0 aromatic rings. The Morgan fingerprint density at radius 3 is 1.89 bits per heavy atom. The summed E-state index contributed by atoms with van der Waals surface area (Å²) < 4.78 is 0. The van der Waals surface area contributed by atoms with Gasteiger partial charge in [-0.15, -0.1) is 0 Å². The first kappa shape index (κ1) is 6.59. The fraction of sp³-hybridized carbons (Fsp3) is 0.857. The summed E-state index contributed by atoms with van der Waals surface area (Å²) in [7, 11) is 0. The molecule has 0 aromatic heterocycles. The van der Waals surface area contributed by atoms with Crippen LogP contribution < -0.4 is 5.73 Å². The minimum absolute atomic E-state index is 0.523. The summed E-state index contributed by atoms with van der Waals surface area (Å²) in [6.45, 7) is 6.27. The highest BCUT2D eigenvalue weighted by molar-refractivity contribution is 5.77. The van der Waals surface area contributed by atoms with Gasteiger partial charge in [-0.05, 0) is 18.8 Å². The Bertz CT molecular complexity index is 128. The molecule has 0 amide bonds. The Balaban J connectivity index is 2.42. The predicted octanol–water partition coefficient (Wildman–Crippen LogP) is 1.02. The lowest BCUT2D eigenvalue weighted by molar-refractivity contribution is 0.834. The fourth-order valence-corrected chi connectivity index (χ4v) is 1.11. The molecular formula is C7H14N2. The Hall–Kier alpha value is -0.530. The molecule has 2 heteroatoms. The topological polar surface area (TPSA) is 38.4 Å². The van der Waals surface area contributed by atoms with E-state index < -0.39 is 0 Å². The smallest absolute Gasteiger partial charge is 0.0909 e. The molecule has 2 nitrogen and oxygen atoms in total. The van der Waals surface area contributed by atoms with Crippen molar-refractivity contribution in [2.45, 2.75) is 26.8 Å². The number of nitrogens with two attached hydrogens (primary N) is 1. The van der Waals surface area contributed by atoms with Crippen LogP contribution in [0.15, 0.2) is 4.99 Å². The van der Waals surface area contributed by atoms with Crippen molar-refractivity contribution < 1.29 is 0 Å². The van der Waals surface area contributed by atoms with Crippen molar-refractivity contribution in [2.75, 3.05) is 0 Å². The molecular weight excluding hydrogens is 112 g/mol. The number of aliphatic imine (C=N–C) groups is 1. The van der Waals surface area contributed by atoms with Gasteiger partial charge in [0.25, 0.3) is 0 Å². The molecule has 1 fully saturated rings. The van der Waals surface area contributed by atoms with Crippen LogP contribution in [0.25, 0.3) is 0 Å². The van der Waals surface area contributed by atoms with Crippen LogP contribution in [-0.2, 0) is 0 Å². The highest BCUT2D eigenvalue weighted by atomic mass is 14.9. The average molecular weight is 126 g/mol. The molecule has 0 aromatic carbocycles. The maximum atomic E-state index is 5.41. The molecule has 2 N–H and O–H groups in total. The van der Waals surface area contributed by atoms with E-state index in [4.69, 9.17) is 5.73 Å². The largest absolute Gasteiger partial charge is 0.388 e. The number of nitrogens with zero attached hydrogens (tertiary/aromatic N) is 1. The molecule has 52 valence electrons. The molecule has 0 saturated heterocycles. The van der Waals surface area contributed by atoms with Gasteiger partial charge >= 0.3 is 0 Å². The molecule has 9 heavy (non-hydrogen) atoms.